The Morgan fingerprint density at radius 1 is 1.33 bits per heavy atom. The van der Waals surface area contributed by atoms with E-state index >= 15 is 0 Å². The smallest absolute Gasteiger partial charge is 0.251 e. The van der Waals surface area contributed by atoms with Gasteiger partial charge in [-0.3, -0.25) is 9.59 Å². The minimum Gasteiger partial charge on any atom is -0.352 e. The fraction of sp³-hybridized carbons (Fsp3) is 0.375. The van der Waals surface area contributed by atoms with Crippen LogP contribution in [-0.4, -0.2) is 49.9 Å². The maximum Gasteiger partial charge on any atom is 0.251 e. The molecule has 130 valence electrons. The van der Waals surface area contributed by atoms with Gasteiger partial charge >= 0.3 is 0 Å². The van der Waals surface area contributed by atoms with Gasteiger partial charge in [-0.05, 0) is 37.1 Å². The van der Waals surface area contributed by atoms with E-state index in [1.165, 1.54) is 4.31 Å². The third-order valence-corrected chi connectivity index (χ3v) is 5.61. The summed E-state index contributed by atoms with van der Waals surface area (Å²) in [5, 5.41) is 5.34. The van der Waals surface area contributed by atoms with Gasteiger partial charge in [-0.1, -0.05) is 12.6 Å². The van der Waals surface area contributed by atoms with Crippen molar-refractivity contribution in [3.05, 3.63) is 42.5 Å². The van der Waals surface area contributed by atoms with Crippen LogP contribution in [0.5, 0.6) is 0 Å². The summed E-state index contributed by atoms with van der Waals surface area (Å²) in [4.78, 5) is 23.4. The van der Waals surface area contributed by atoms with E-state index in [0.29, 0.717) is 43.7 Å². The van der Waals surface area contributed by atoms with Gasteiger partial charge in [0.1, 0.15) is 0 Å². The molecule has 8 heteroatoms. The summed E-state index contributed by atoms with van der Waals surface area (Å²) in [7, 11) is -3.09. The summed E-state index contributed by atoms with van der Waals surface area (Å²) in [6.07, 6.45) is 2.37. The third kappa shape index (κ3) is 4.90. The zero-order chi connectivity index (χ0) is 17.6. The van der Waals surface area contributed by atoms with Crippen molar-refractivity contribution in [2.45, 2.75) is 12.8 Å². The summed E-state index contributed by atoms with van der Waals surface area (Å²) in [6, 6.07) is 6.56. The van der Waals surface area contributed by atoms with Crippen LogP contribution in [0.25, 0.3) is 0 Å². The summed E-state index contributed by atoms with van der Waals surface area (Å²) in [5.74, 6) is -0.406. The van der Waals surface area contributed by atoms with Gasteiger partial charge in [0.15, 0.2) is 0 Å². The van der Waals surface area contributed by atoms with E-state index in [1.54, 1.807) is 24.3 Å². The Morgan fingerprint density at radius 3 is 2.79 bits per heavy atom. The molecule has 0 radical (unpaired) electrons. The van der Waals surface area contributed by atoms with Crippen molar-refractivity contribution in [3.63, 3.8) is 0 Å². The van der Waals surface area contributed by atoms with Gasteiger partial charge in [-0.25, -0.2) is 12.7 Å². The number of anilines is 1. The van der Waals surface area contributed by atoms with Crippen LogP contribution in [-0.2, 0) is 14.8 Å². The maximum absolute atomic E-state index is 12.1. The number of nitrogens with zero attached hydrogens (tertiary/aromatic N) is 1. The number of sulfonamides is 1. The van der Waals surface area contributed by atoms with Crippen LogP contribution in [0, 0.1) is 0 Å². The number of hydrogen-bond acceptors (Lipinski definition) is 4. The van der Waals surface area contributed by atoms with Gasteiger partial charge in [0.25, 0.3) is 5.91 Å². The number of rotatable bonds is 7. The molecular weight excluding hydrogens is 330 g/mol. The number of hydrogen-bond donors (Lipinski definition) is 2. The minimum atomic E-state index is -3.09. The first-order valence-electron chi connectivity index (χ1n) is 7.72. The first kappa shape index (κ1) is 18.2. The molecule has 1 aliphatic rings. The summed E-state index contributed by atoms with van der Waals surface area (Å²) >= 11 is 0. The lowest BCUT2D eigenvalue weighted by atomic mass is 10.2. The van der Waals surface area contributed by atoms with Crippen LogP contribution < -0.4 is 10.6 Å². The van der Waals surface area contributed by atoms with Gasteiger partial charge < -0.3 is 10.6 Å². The number of amides is 2. The highest BCUT2D eigenvalue weighted by molar-refractivity contribution is 7.89. The lowest BCUT2D eigenvalue weighted by Gasteiger charge is -2.14. The molecule has 2 rings (SSSR count). The molecule has 0 unspecified atom stereocenters. The first-order valence-corrected chi connectivity index (χ1v) is 9.33. The fourth-order valence-electron chi connectivity index (χ4n) is 2.43. The largest absolute Gasteiger partial charge is 0.352 e. The Hall–Kier alpha value is -2.19. The zero-order valence-electron chi connectivity index (χ0n) is 13.3. The van der Waals surface area contributed by atoms with Crippen LogP contribution in [0.1, 0.15) is 23.2 Å². The predicted molar refractivity (Wildman–Crippen MR) is 92.2 cm³/mol. The molecule has 1 saturated heterocycles. The van der Waals surface area contributed by atoms with Gasteiger partial charge in [-0.15, -0.1) is 0 Å². The normalized spacial score (nSPS) is 16.5. The zero-order valence-corrected chi connectivity index (χ0v) is 14.1. The van der Waals surface area contributed by atoms with E-state index in [1.807, 2.05) is 0 Å². The van der Waals surface area contributed by atoms with Crippen molar-refractivity contribution in [1.29, 1.82) is 0 Å². The molecule has 0 saturated carbocycles. The van der Waals surface area contributed by atoms with Crippen molar-refractivity contribution in [2.75, 3.05) is 30.7 Å². The molecule has 0 aromatic heterocycles. The Labute approximate surface area is 141 Å². The van der Waals surface area contributed by atoms with E-state index in [2.05, 4.69) is 17.2 Å². The molecule has 2 amide bonds. The van der Waals surface area contributed by atoms with Crippen LogP contribution in [0.15, 0.2) is 36.9 Å². The standard InChI is InChI=1S/C16H21N3O4S/c1-2-15(20)18-14-7-3-6-13(12-14)16(21)17-8-4-9-19-10-5-11-24(19,22)23/h2-3,6-7,12H,1,4-5,8-11H2,(H,17,21)(H,18,20). The molecule has 7 nitrogen and oxygen atoms in total. The van der Waals surface area contributed by atoms with Crippen molar-refractivity contribution < 1.29 is 18.0 Å². The molecule has 0 atom stereocenters. The average molecular weight is 351 g/mol. The van der Waals surface area contributed by atoms with E-state index in [0.717, 1.165) is 6.08 Å². The molecule has 1 heterocycles. The highest BCUT2D eigenvalue weighted by Gasteiger charge is 2.27. The van der Waals surface area contributed by atoms with Crippen molar-refractivity contribution in [1.82, 2.24) is 9.62 Å². The Bertz CT molecular complexity index is 731. The highest BCUT2D eigenvalue weighted by atomic mass is 32.2. The Kier molecular flexibility index (Phi) is 6.10. The molecule has 2 N–H and O–H groups in total. The topological polar surface area (TPSA) is 95.6 Å². The molecule has 0 spiro atoms. The van der Waals surface area contributed by atoms with Crippen LogP contribution in [0.3, 0.4) is 0 Å². The first-order chi connectivity index (χ1) is 11.4. The van der Waals surface area contributed by atoms with Crippen molar-refractivity contribution in [3.8, 4) is 0 Å². The summed E-state index contributed by atoms with van der Waals surface area (Å²) in [6.45, 7) is 4.72. The average Bonchev–Trinajstić information content (AvgIpc) is 2.90. The van der Waals surface area contributed by atoms with Gasteiger partial charge in [0.2, 0.25) is 15.9 Å². The maximum atomic E-state index is 12.1. The third-order valence-electron chi connectivity index (χ3n) is 3.65. The monoisotopic (exact) mass is 351 g/mol. The highest BCUT2D eigenvalue weighted by Crippen LogP contribution is 2.13. The van der Waals surface area contributed by atoms with Crippen LogP contribution in [0.2, 0.25) is 0 Å². The SMILES string of the molecule is C=CC(=O)Nc1cccc(C(=O)NCCCN2CCCS2(=O)=O)c1. The van der Waals surface area contributed by atoms with E-state index in [4.69, 9.17) is 0 Å². The lowest BCUT2D eigenvalue weighted by molar-refractivity contribution is -0.111. The van der Waals surface area contributed by atoms with E-state index in [9.17, 15) is 18.0 Å². The molecule has 1 aromatic rings. The molecule has 24 heavy (non-hydrogen) atoms. The molecule has 1 aliphatic heterocycles. The quantitative estimate of drug-likeness (QED) is 0.565. The molecule has 0 aliphatic carbocycles. The number of carbonyl (C=O) groups is 2. The molecular formula is C16H21N3O4S. The predicted octanol–water partition coefficient (Wildman–Crippen LogP) is 0.966. The van der Waals surface area contributed by atoms with E-state index in [-0.39, 0.29) is 17.6 Å². The number of benzene rings is 1. The number of carbonyl (C=O) groups excluding carboxylic acids is 2. The van der Waals surface area contributed by atoms with Gasteiger partial charge in [-0.2, -0.15) is 0 Å². The van der Waals surface area contributed by atoms with Gasteiger partial charge in [0, 0.05) is 30.9 Å². The minimum absolute atomic E-state index is 0.211. The second kappa shape index (κ2) is 8.07. The second-order valence-corrected chi connectivity index (χ2v) is 7.54. The lowest BCUT2D eigenvalue weighted by Crippen LogP contribution is -2.31. The second-order valence-electron chi connectivity index (χ2n) is 5.45. The van der Waals surface area contributed by atoms with E-state index < -0.39 is 10.0 Å². The van der Waals surface area contributed by atoms with Crippen LogP contribution >= 0.6 is 0 Å². The summed E-state index contributed by atoms with van der Waals surface area (Å²) < 4.78 is 24.8. The fourth-order valence-corrected chi connectivity index (χ4v) is 4.00. The van der Waals surface area contributed by atoms with Crippen LogP contribution in [0.4, 0.5) is 5.69 Å². The summed E-state index contributed by atoms with van der Waals surface area (Å²) in [5.41, 5.74) is 0.932. The molecule has 0 bridgehead atoms. The Morgan fingerprint density at radius 2 is 2.12 bits per heavy atom. The van der Waals surface area contributed by atoms with Crippen molar-refractivity contribution >= 4 is 27.5 Å². The number of nitrogens with one attached hydrogen (secondary N) is 2. The molecule has 1 fully saturated rings. The van der Waals surface area contributed by atoms with Crippen molar-refractivity contribution in [2.24, 2.45) is 0 Å². The molecule has 1 aromatic carbocycles. The Balaban J connectivity index is 1.81. The van der Waals surface area contributed by atoms with Gasteiger partial charge in [0.05, 0.1) is 5.75 Å².